The maximum absolute atomic E-state index is 14.2. The monoisotopic (exact) mass is 528 g/mol. The highest BCUT2D eigenvalue weighted by atomic mass is 35.5. The van der Waals surface area contributed by atoms with E-state index in [1.807, 2.05) is 6.07 Å². The lowest BCUT2D eigenvalue weighted by molar-refractivity contribution is 0.103. The molecule has 1 heterocycles. The lowest BCUT2D eigenvalue weighted by Crippen LogP contribution is -2.14. The topological polar surface area (TPSA) is 78.3 Å². The fourth-order valence-corrected chi connectivity index (χ4v) is 5.69. The molecule has 0 spiro atoms. The first kappa shape index (κ1) is 24.5. The molecule has 8 heteroatoms. The second-order valence-electron chi connectivity index (χ2n) is 8.16. The van der Waals surface area contributed by atoms with Crippen LogP contribution in [0.1, 0.15) is 15.9 Å². The number of benzene rings is 4. The molecular formula is C29H21ClN2O4S. The molecule has 0 aliphatic carbocycles. The number of para-hydroxylation sites is 1. The number of sulfone groups is 1. The minimum absolute atomic E-state index is 0.00243. The number of hydrogen-bond acceptors (Lipinski definition) is 5. The highest BCUT2D eigenvalue weighted by Crippen LogP contribution is 2.36. The van der Waals surface area contributed by atoms with Crippen LogP contribution in [-0.4, -0.2) is 31.1 Å². The Hall–Kier alpha value is -4.20. The predicted molar refractivity (Wildman–Crippen MR) is 142 cm³/mol. The van der Waals surface area contributed by atoms with E-state index < -0.39 is 15.6 Å². The van der Waals surface area contributed by atoms with E-state index in [9.17, 15) is 13.2 Å². The summed E-state index contributed by atoms with van der Waals surface area (Å²) in [5.41, 5.74) is 1.64. The van der Waals surface area contributed by atoms with E-state index in [-0.39, 0.29) is 21.2 Å². The number of methoxy groups -OCH3 is 1. The molecule has 6 nitrogen and oxygen atoms in total. The van der Waals surface area contributed by atoms with Crippen LogP contribution in [-0.2, 0) is 9.84 Å². The fourth-order valence-electron chi connectivity index (χ4n) is 4.01. The first-order valence-electron chi connectivity index (χ1n) is 11.3. The van der Waals surface area contributed by atoms with Gasteiger partial charge in [-0.05, 0) is 60.7 Å². The van der Waals surface area contributed by atoms with Gasteiger partial charge in [-0.1, -0.05) is 60.1 Å². The zero-order valence-corrected chi connectivity index (χ0v) is 21.3. The van der Waals surface area contributed by atoms with Crippen LogP contribution in [0.4, 0.5) is 0 Å². The van der Waals surface area contributed by atoms with Crippen LogP contribution < -0.4 is 4.74 Å². The van der Waals surface area contributed by atoms with Gasteiger partial charge in [0.15, 0.2) is 10.8 Å². The van der Waals surface area contributed by atoms with Crippen LogP contribution >= 0.6 is 11.6 Å². The normalized spacial score (nSPS) is 11.3. The summed E-state index contributed by atoms with van der Waals surface area (Å²) < 4.78 is 34.9. The number of carbonyl (C=O) groups is 1. The molecule has 0 fully saturated rings. The van der Waals surface area contributed by atoms with Crippen molar-refractivity contribution in [2.45, 2.75) is 9.92 Å². The molecular weight excluding hydrogens is 508 g/mol. The summed E-state index contributed by atoms with van der Waals surface area (Å²) in [5.74, 6) is 0.164. The Balaban J connectivity index is 1.87. The van der Waals surface area contributed by atoms with Gasteiger partial charge >= 0.3 is 0 Å². The van der Waals surface area contributed by atoms with E-state index in [0.29, 0.717) is 27.6 Å². The van der Waals surface area contributed by atoms with E-state index in [1.54, 1.807) is 86.0 Å². The first-order valence-corrected chi connectivity index (χ1v) is 13.2. The molecule has 0 saturated carbocycles. The highest BCUT2D eigenvalue weighted by Gasteiger charge is 2.35. The molecule has 0 aliphatic heterocycles. The number of ketones is 1. The van der Waals surface area contributed by atoms with Gasteiger partial charge in [0.05, 0.1) is 23.3 Å². The molecule has 0 unspecified atom stereocenters. The lowest BCUT2D eigenvalue weighted by atomic mass is 10.0. The van der Waals surface area contributed by atoms with Crippen molar-refractivity contribution in [1.82, 2.24) is 9.78 Å². The standard InChI is InChI=1S/C29H21ClN2O4S/c1-36-24-16-12-20(13-17-24)27-26(28(33)21-8-4-2-5-9-21)29(32(31-27)23-10-6-3-7-11-23)37(34,35)25-18-14-22(30)15-19-25/h2-19H,1H3. The Kier molecular flexibility index (Phi) is 6.65. The molecule has 4 aromatic carbocycles. The Morgan fingerprint density at radius 1 is 0.811 bits per heavy atom. The van der Waals surface area contributed by atoms with E-state index in [2.05, 4.69) is 0 Å². The predicted octanol–water partition coefficient (Wildman–Crippen LogP) is 6.27. The smallest absolute Gasteiger partial charge is 0.224 e. The van der Waals surface area contributed by atoms with Gasteiger partial charge in [-0.15, -0.1) is 0 Å². The van der Waals surface area contributed by atoms with Gasteiger partial charge in [0.2, 0.25) is 9.84 Å². The van der Waals surface area contributed by atoms with Gasteiger partial charge in [-0.25, -0.2) is 13.1 Å². The molecule has 0 atom stereocenters. The molecule has 1 aromatic heterocycles. The first-order chi connectivity index (χ1) is 17.9. The average Bonchev–Trinajstić information content (AvgIpc) is 3.35. The van der Waals surface area contributed by atoms with Gasteiger partial charge in [-0.3, -0.25) is 4.79 Å². The summed E-state index contributed by atoms with van der Waals surface area (Å²) in [4.78, 5) is 14.0. The molecule has 0 amide bonds. The minimum Gasteiger partial charge on any atom is -0.497 e. The highest BCUT2D eigenvalue weighted by molar-refractivity contribution is 7.91. The molecule has 0 N–H and O–H groups in total. The molecule has 0 radical (unpaired) electrons. The van der Waals surface area contributed by atoms with Gasteiger partial charge in [-0.2, -0.15) is 5.10 Å². The second-order valence-corrected chi connectivity index (χ2v) is 10.5. The molecule has 0 aliphatic rings. The summed E-state index contributed by atoms with van der Waals surface area (Å²) in [5, 5.41) is 4.89. The van der Waals surface area contributed by atoms with Crippen LogP contribution in [0.3, 0.4) is 0 Å². The van der Waals surface area contributed by atoms with Gasteiger partial charge in [0.25, 0.3) is 0 Å². The van der Waals surface area contributed by atoms with Crippen LogP contribution in [0, 0.1) is 0 Å². The van der Waals surface area contributed by atoms with Crippen molar-refractivity contribution in [3.05, 3.63) is 125 Å². The van der Waals surface area contributed by atoms with E-state index in [4.69, 9.17) is 21.4 Å². The van der Waals surface area contributed by atoms with Crippen LogP contribution in [0.15, 0.2) is 119 Å². The number of rotatable bonds is 7. The summed E-state index contributed by atoms with van der Waals surface area (Å²) in [6.07, 6.45) is 0. The van der Waals surface area contributed by atoms with Crippen molar-refractivity contribution in [3.63, 3.8) is 0 Å². The van der Waals surface area contributed by atoms with Crippen LogP contribution in [0.2, 0.25) is 5.02 Å². The second kappa shape index (κ2) is 10.0. The maximum atomic E-state index is 14.2. The van der Waals surface area contributed by atoms with Gasteiger partial charge in [0.1, 0.15) is 11.4 Å². The van der Waals surface area contributed by atoms with E-state index in [0.717, 1.165) is 0 Å². The number of nitrogens with zero attached hydrogens (tertiary/aromatic N) is 2. The summed E-state index contributed by atoms with van der Waals surface area (Å²) in [7, 11) is -2.67. The summed E-state index contributed by atoms with van der Waals surface area (Å²) in [6.45, 7) is 0. The third kappa shape index (κ3) is 4.67. The van der Waals surface area contributed by atoms with Crippen molar-refractivity contribution in [1.29, 1.82) is 0 Å². The number of ether oxygens (including phenoxy) is 1. The summed E-state index contributed by atoms with van der Waals surface area (Å²) >= 11 is 6.03. The van der Waals surface area contributed by atoms with E-state index >= 15 is 0 Å². The molecule has 5 aromatic rings. The largest absolute Gasteiger partial charge is 0.497 e. The number of halogens is 1. The Labute approximate surface area is 219 Å². The van der Waals surface area contributed by atoms with Crippen molar-refractivity contribution < 1.29 is 17.9 Å². The number of carbonyl (C=O) groups excluding carboxylic acids is 1. The van der Waals surface area contributed by atoms with Crippen LogP contribution in [0.25, 0.3) is 16.9 Å². The maximum Gasteiger partial charge on any atom is 0.224 e. The molecule has 37 heavy (non-hydrogen) atoms. The number of aromatic nitrogens is 2. The Morgan fingerprint density at radius 3 is 2.00 bits per heavy atom. The molecule has 184 valence electrons. The minimum atomic E-state index is -4.22. The average molecular weight is 529 g/mol. The van der Waals surface area contributed by atoms with Crippen molar-refractivity contribution in [3.8, 4) is 22.7 Å². The number of hydrogen-bond donors (Lipinski definition) is 0. The Morgan fingerprint density at radius 2 is 1.41 bits per heavy atom. The Bertz CT molecular complexity index is 1660. The SMILES string of the molecule is COc1ccc(-c2nn(-c3ccccc3)c(S(=O)(=O)c3ccc(Cl)cc3)c2C(=O)c2ccccc2)cc1. The quantitative estimate of drug-likeness (QED) is 0.233. The molecule has 5 rings (SSSR count). The summed E-state index contributed by atoms with van der Waals surface area (Å²) in [6, 6.07) is 30.2. The lowest BCUT2D eigenvalue weighted by Gasteiger charge is -2.11. The fraction of sp³-hybridized carbons (Fsp3) is 0.0345. The third-order valence-corrected chi connectivity index (χ3v) is 7.88. The van der Waals surface area contributed by atoms with Crippen molar-refractivity contribution in [2.24, 2.45) is 0 Å². The van der Waals surface area contributed by atoms with Gasteiger partial charge in [0, 0.05) is 16.1 Å². The molecule has 0 saturated heterocycles. The molecule has 0 bridgehead atoms. The van der Waals surface area contributed by atoms with Crippen molar-refractivity contribution in [2.75, 3.05) is 7.11 Å². The zero-order valence-electron chi connectivity index (χ0n) is 19.7. The van der Waals surface area contributed by atoms with Crippen LogP contribution in [0.5, 0.6) is 5.75 Å². The third-order valence-electron chi connectivity index (χ3n) is 5.85. The van der Waals surface area contributed by atoms with E-state index in [1.165, 1.54) is 28.9 Å². The van der Waals surface area contributed by atoms with Crippen molar-refractivity contribution >= 4 is 27.2 Å². The zero-order chi connectivity index (χ0) is 26.0. The van der Waals surface area contributed by atoms with Gasteiger partial charge < -0.3 is 4.74 Å².